The molecule has 2 heterocycles. The van der Waals surface area contributed by atoms with Crippen molar-refractivity contribution >= 4 is 21.8 Å². The molecule has 1 fully saturated rings. The summed E-state index contributed by atoms with van der Waals surface area (Å²) in [6.07, 6.45) is 2.80. The summed E-state index contributed by atoms with van der Waals surface area (Å²) in [5.74, 6) is 1.75. The number of piperidine rings is 1. The number of hydrogen-bond acceptors (Lipinski definition) is 5. The van der Waals surface area contributed by atoms with Crippen LogP contribution in [0.2, 0.25) is 0 Å². The Morgan fingerprint density at radius 2 is 2.03 bits per heavy atom. The molecule has 2 aromatic carbocycles. The normalized spacial score (nSPS) is 17.8. The van der Waals surface area contributed by atoms with Gasteiger partial charge in [-0.2, -0.15) is 4.98 Å². The van der Waals surface area contributed by atoms with Gasteiger partial charge in [-0.1, -0.05) is 77.4 Å². The molecule has 7 heteroatoms. The third-order valence-electron chi connectivity index (χ3n) is 6.01. The van der Waals surface area contributed by atoms with Crippen LogP contribution in [0.3, 0.4) is 0 Å². The van der Waals surface area contributed by atoms with E-state index in [1.54, 1.807) is 0 Å². The number of halogens is 1. The Hall–Kier alpha value is -2.51. The molecule has 1 saturated heterocycles. The largest absolute Gasteiger partial charge is 0.349 e. The molecule has 1 aromatic heterocycles. The lowest BCUT2D eigenvalue weighted by atomic mass is 9.93. The zero-order valence-electron chi connectivity index (χ0n) is 19.2. The van der Waals surface area contributed by atoms with E-state index in [2.05, 4.69) is 62.3 Å². The molecule has 0 radical (unpaired) electrons. The second-order valence-electron chi connectivity index (χ2n) is 9.20. The molecular formula is C26H31BrN4O2. The smallest absolute Gasteiger partial charge is 0.241 e. The number of aromatic nitrogens is 2. The van der Waals surface area contributed by atoms with Crippen LogP contribution < -0.4 is 5.32 Å². The fraction of sp³-hybridized carbons (Fsp3) is 0.423. The number of carbonyl (C=O) groups is 1. The lowest BCUT2D eigenvalue weighted by molar-refractivity contribution is -0.127. The van der Waals surface area contributed by atoms with Gasteiger partial charge in [0.15, 0.2) is 0 Å². The van der Waals surface area contributed by atoms with Gasteiger partial charge in [0.05, 0.1) is 18.5 Å². The van der Waals surface area contributed by atoms with E-state index in [9.17, 15) is 4.79 Å². The van der Waals surface area contributed by atoms with Crippen molar-refractivity contribution in [2.75, 3.05) is 13.1 Å². The topological polar surface area (TPSA) is 71.3 Å². The molecule has 0 aliphatic carbocycles. The number of benzene rings is 2. The van der Waals surface area contributed by atoms with E-state index in [0.29, 0.717) is 30.7 Å². The molecule has 0 saturated carbocycles. The van der Waals surface area contributed by atoms with Crippen LogP contribution in [0.5, 0.6) is 0 Å². The highest BCUT2D eigenvalue weighted by atomic mass is 79.9. The van der Waals surface area contributed by atoms with Crippen LogP contribution in [0.4, 0.5) is 0 Å². The minimum atomic E-state index is -0.0374. The van der Waals surface area contributed by atoms with E-state index < -0.39 is 0 Å². The second-order valence-corrected chi connectivity index (χ2v) is 10.1. The van der Waals surface area contributed by atoms with E-state index in [1.807, 2.05) is 42.5 Å². The first-order chi connectivity index (χ1) is 16.0. The highest BCUT2D eigenvalue weighted by Gasteiger charge is 2.28. The van der Waals surface area contributed by atoms with E-state index in [0.717, 1.165) is 41.4 Å². The number of nitrogens with zero attached hydrogens (tertiary/aromatic N) is 3. The van der Waals surface area contributed by atoms with Crippen LogP contribution in [0.15, 0.2) is 63.6 Å². The van der Waals surface area contributed by atoms with Gasteiger partial charge in [-0.15, -0.1) is 0 Å². The SMILES string of the molecule is CC(C)CC(NC(=O)C1CCCN(Cc2nc(-c3cccc(Br)c3)no2)C1)c1ccccc1. The molecule has 0 spiro atoms. The second kappa shape index (κ2) is 11.1. The number of hydrogen-bond donors (Lipinski definition) is 1. The third-order valence-corrected chi connectivity index (χ3v) is 6.50. The predicted octanol–water partition coefficient (Wildman–Crippen LogP) is 5.61. The van der Waals surface area contributed by atoms with Crippen molar-refractivity contribution in [1.82, 2.24) is 20.4 Å². The van der Waals surface area contributed by atoms with E-state index in [1.165, 1.54) is 0 Å². The van der Waals surface area contributed by atoms with Crippen LogP contribution in [0.25, 0.3) is 11.4 Å². The quantitative estimate of drug-likeness (QED) is 0.426. The molecule has 6 nitrogen and oxygen atoms in total. The number of likely N-dealkylation sites (tertiary alicyclic amines) is 1. The summed E-state index contributed by atoms with van der Waals surface area (Å²) in [4.78, 5) is 20.0. The summed E-state index contributed by atoms with van der Waals surface area (Å²) in [6, 6.07) is 18.1. The van der Waals surface area contributed by atoms with Crippen molar-refractivity contribution in [3.05, 3.63) is 70.5 Å². The minimum absolute atomic E-state index is 0.0374. The van der Waals surface area contributed by atoms with Gasteiger partial charge in [-0.05, 0) is 49.4 Å². The average Bonchev–Trinajstić information content (AvgIpc) is 3.27. The van der Waals surface area contributed by atoms with Gasteiger partial charge in [0.1, 0.15) is 0 Å². The fourth-order valence-corrected chi connectivity index (χ4v) is 4.79. The molecule has 1 amide bonds. The summed E-state index contributed by atoms with van der Waals surface area (Å²) >= 11 is 3.48. The molecular weight excluding hydrogens is 480 g/mol. The number of nitrogens with one attached hydrogen (secondary N) is 1. The van der Waals surface area contributed by atoms with E-state index in [-0.39, 0.29) is 17.9 Å². The molecule has 2 atom stereocenters. The molecule has 1 aliphatic rings. The van der Waals surface area contributed by atoms with Gasteiger partial charge >= 0.3 is 0 Å². The van der Waals surface area contributed by atoms with Crippen molar-refractivity contribution in [3.63, 3.8) is 0 Å². The zero-order valence-corrected chi connectivity index (χ0v) is 20.8. The van der Waals surface area contributed by atoms with Crippen molar-refractivity contribution in [2.45, 2.75) is 45.7 Å². The summed E-state index contributed by atoms with van der Waals surface area (Å²) in [5, 5.41) is 7.46. The Bertz CT molecular complexity index is 1050. The van der Waals surface area contributed by atoms with E-state index in [4.69, 9.17) is 4.52 Å². The van der Waals surface area contributed by atoms with Crippen LogP contribution in [-0.2, 0) is 11.3 Å². The first kappa shape index (κ1) is 23.6. The molecule has 2 unspecified atom stereocenters. The van der Waals surface area contributed by atoms with Gasteiger partial charge in [0.25, 0.3) is 0 Å². The first-order valence-corrected chi connectivity index (χ1v) is 12.4. The standard InChI is InChI=1S/C26H31BrN4O2/c1-18(2)14-23(19-8-4-3-5-9-19)28-26(32)21-11-7-13-31(16-21)17-24-29-25(30-33-24)20-10-6-12-22(27)15-20/h3-6,8-10,12,15,18,21,23H,7,11,13-14,16-17H2,1-2H3,(H,28,32). The Balaban J connectivity index is 1.37. The number of amides is 1. The van der Waals surface area contributed by atoms with Crippen molar-refractivity contribution in [2.24, 2.45) is 11.8 Å². The maximum Gasteiger partial charge on any atom is 0.241 e. The third kappa shape index (κ3) is 6.51. The molecule has 4 rings (SSSR count). The Morgan fingerprint density at radius 3 is 2.79 bits per heavy atom. The first-order valence-electron chi connectivity index (χ1n) is 11.6. The lowest BCUT2D eigenvalue weighted by Crippen LogP contribution is -2.43. The fourth-order valence-electron chi connectivity index (χ4n) is 4.39. The zero-order chi connectivity index (χ0) is 23.2. The van der Waals surface area contributed by atoms with Crippen LogP contribution >= 0.6 is 15.9 Å². The van der Waals surface area contributed by atoms with Gasteiger partial charge in [0, 0.05) is 16.6 Å². The molecule has 3 aromatic rings. The van der Waals surface area contributed by atoms with Crippen molar-refractivity contribution < 1.29 is 9.32 Å². The minimum Gasteiger partial charge on any atom is -0.349 e. The Labute approximate surface area is 203 Å². The van der Waals surface area contributed by atoms with Gasteiger partial charge in [-0.3, -0.25) is 9.69 Å². The van der Waals surface area contributed by atoms with Crippen LogP contribution in [-0.4, -0.2) is 34.0 Å². The molecule has 174 valence electrons. The predicted molar refractivity (Wildman–Crippen MR) is 132 cm³/mol. The summed E-state index contributed by atoms with van der Waals surface area (Å²) in [6.45, 7) is 6.56. The van der Waals surface area contributed by atoms with Gasteiger partial charge < -0.3 is 9.84 Å². The monoisotopic (exact) mass is 510 g/mol. The Morgan fingerprint density at radius 1 is 1.21 bits per heavy atom. The molecule has 33 heavy (non-hydrogen) atoms. The van der Waals surface area contributed by atoms with Crippen LogP contribution in [0, 0.1) is 11.8 Å². The number of rotatable bonds is 8. The number of carbonyl (C=O) groups excluding carboxylic acids is 1. The molecule has 1 aliphatic heterocycles. The summed E-state index contributed by atoms with van der Waals surface area (Å²) in [7, 11) is 0. The van der Waals surface area contributed by atoms with Gasteiger partial charge in [0.2, 0.25) is 17.6 Å². The van der Waals surface area contributed by atoms with Gasteiger partial charge in [-0.25, -0.2) is 0 Å². The van der Waals surface area contributed by atoms with Crippen molar-refractivity contribution in [1.29, 1.82) is 0 Å². The Kier molecular flexibility index (Phi) is 7.93. The van der Waals surface area contributed by atoms with Crippen LogP contribution in [0.1, 0.15) is 50.6 Å². The maximum atomic E-state index is 13.2. The highest BCUT2D eigenvalue weighted by Crippen LogP contribution is 2.25. The van der Waals surface area contributed by atoms with E-state index >= 15 is 0 Å². The average molecular weight is 511 g/mol. The molecule has 1 N–H and O–H groups in total. The van der Waals surface area contributed by atoms with Crippen molar-refractivity contribution in [3.8, 4) is 11.4 Å². The summed E-state index contributed by atoms with van der Waals surface area (Å²) in [5.41, 5.74) is 2.07. The molecule has 0 bridgehead atoms. The highest BCUT2D eigenvalue weighted by molar-refractivity contribution is 9.10. The maximum absolute atomic E-state index is 13.2. The lowest BCUT2D eigenvalue weighted by Gasteiger charge is -2.32. The summed E-state index contributed by atoms with van der Waals surface area (Å²) < 4.78 is 6.48.